The number of anilines is 1. The summed E-state index contributed by atoms with van der Waals surface area (Å²) in [6.07, 6.45) is 2.22. The molecule has 0 aliphatic heterocycles. The lowest BCUT2D eigenvalue weighted by molar-refractivity contribution is 1.02. The maximum Gasteiger partial charge on any atom is 0.198 e. The van der Waals surface area contributed by atoms with Crippen molar-refractivity contribution in [1.29, 1.82) is 0 Å². The first-order valence-corrected chi connectivity index (χ1v) is 9.58. The zero-order valence-corrected chi connectivity index (χ0v) is 15.5. The Labute approximate surface area is 164 Å². The largest absolute Gasteiger partial charge is 0.369 e. The summed E-state index contributed by atoms with van der Waals surface area (Å²) < 4.78 is 0. The summed E-state index contributed by atoms with van der Waals surface area (Å²) in [6.45, 7) is 0. The number of guanidine groups is 1. The van der Waals surface area contributed by atoms with Gasteiger partial charge in [0.1, 0.15) is 0 Å². The van der Waals surface area contributed by atoms with Gasteiger partial charge in [0, 0.05) is 11.1 Å². The van der Waals surface area contributed by atoms with Crippen LogP contribution in [0.3, 0.4) is 0 Å². The molecule has 0 radical (unpaired) electrons. The molecular weight excluding hydrogens is 342 g/mol. The van der Waals surface area contributed by atoms with Crippen molar-refractivity contribution in [2.75, 3.05) is 5.32 Å². The summed E-state index contributed by atoms with van der Waals surface area (Å²) in [5.41, 5.74) is 13.2. The second kappa shape index (κ2) is 6.86. The number of benzene rings is 4. The Balaban J connectivity index is 1.46. The van der Waals surface area contributed by atoms with E-state index in [1.165, 1.54) is 27.5 Å². The molecule has 4 aromatic rings. The molecule has 0 heterocycles. The van der Waals surface area contributed by atoms with Gasteiger partial charge < -0.3 is 11.1 Å². The van der Waals surface area contributed by atoms with Crippen LogP contribution in [-0.4, -0.2) is 5.96 Å². The van der Waals surface area contributed by atoms with Gasteiger partial charge in [0.05, 0.1) is 5.69 Å². The second-order valence-electron chi connectivity index (χ2n) is 7.15. The van der Waals surface area contributed by atoms with E-state index in [2.05, 4.69) is 64.9 Å². The highest BCUT2D eigenvalue weighted by molar-refractivity contribution is 6.02. The van der Waals surface area contributed by atoms with Crippen LogP contribution in [-0.2, 0) is 12.8 Å². The molecule has 0 amide bonds. The van der Waals surface area contributed by atoms with Gasteiger partial charge in [0.15, 0.2) is 5.96 Å². The van der Waals surface area contributed by atoms with Crippen molar-refractivity contribution < 1.29 is 0 Å². The van der Waals surface area contributed by atoms with Crippen LogP contribution in [0.1, 0.15) is 11.1 Å². The number of hydrogen-bond acceptors (Lipinski definition) is 1. The molecule has 0 aromatic heterocycles. The Morgan fingerprint density at radius 3 is 2.36 bits per heavy atom. The van der Waals surface area contributed by atoms with Gasteiger partial charge in [0.2, 0.25) is 0 Å². The molecule has 0 atom stereocenters. The SMILES string of the molecule is NC(=Nc1ccc2c3c(cccc13)CC2)Nc1cccc(-c2ccccc2)c1. The minimum atomic E-state index is 0.393. The molecule has 0 saturated carbocycles. The maximum absolute atomic E-state index is 6.25. The number of nitrogens with two attached hydrogens (primary N) is 1. The van der Waals surface area contributed by atoms with Crippen molar-refractivity contribution >= 4 is 28.1 Å². The van der Waals surface area contributed by atoms with E-state index in [1.54, 1.807) is 0 Å². The van der Waals surface area contributed by atoms with Crippen molar-refractivity contribution in [2.45, 2.75) is 12.8 Å². The molecule has 3 heteroatoms. The minimum Gasteiger partial charge on any atom is -0.369 e. The number of hydrogen-bond donors (Lipinski definition) is 2. The zero-order chi connectivity index (χ0) is 18.9. The van der Waals surface area contributed by atoms with Crippen LogP contribution in [0, 0.1) is 0 Å². The molecule has 1 aliphatic rings. The molecule has 0 spiro atoms. The first-order chi connectivity index (χ1) is 13.8. The van der Waals surface area contributed by atoms with Crippen molar-refractivity contribution in [2.24, 2.45) is 10.7 Å². The van der Waals surface area contributed by atoms with E-state index in [4.69, 9.17) is 5.73 Å². The van der Waals surface area contributed by atoms with E-state index in [-0.39, 0.29) is 0 Å². The fraction of sp³-hybridized carbons (Fsp3) is 0.0800. The highest BCUT2D eigenvalue weighted by Crippen LogP contribution is 2.36. The molecule has 28 heavy (non-hydrogen) atoms. The standard InChI is InChI=1S/C25H21N3/c26-25(27-21-10-4-9-20(16-21)17-6-2-1-3-7-17)28-23-15-14-19-13-12-18-8-5-11-22(23)24(18)19/h1-11,14-16H,12-13H2,(H3,26,27,28). The summed E-state index contributed by atoms with van der Waals surface area (Å²) in [5.74, 6) is 0.393. The van der Waals surface area contributed by atoms with Crippen LogP contribution in [0.2, 0.25) is 0 Å². The van der Waals surface area contributed by atoms with Crippen LogP contribution in [0.15, 0.2) is 89.9 Å². The van der Waals surface area contributed by atoms with E-state index in [1.807, 2.05) is 30.3 Å². The Morgan fingerprint density at radius 2 is 1.50 bits per heavy atom. The van der Waals surface area contributed by atoms with Gasteiger partial charge in [-0.1, -0.05) is 66.7 Å². The molecule has 0 saturated heterocycles. The Morgan fingerprint density at radius 1 is 0.750 bits per heavy atom. The first-order valence-electron chi connectivity index (χ1n) is 9.58. The third-order valence-corrected chi connectivity index (χ3v) is 5.34. The predicted octanol–water partition coefficient (Wildman–Crippen LogP) is 5.66. The summed E-state index contributed by atoms with van der Waals surface area (Å²) in [6, 6.07) is 29.2. The molecule has 3 nitrogen and oxygen atoms in total. The fourth-order valence-electron chi connectivity index (χ4n) is 4.04. The zero-order valence-electron chi connectivity index (χ0n) is 15.5. The van der Waals surface area contributed by atoms with Gasteiger partial charge in [-0.3, -0.25) is 0 Å². The third-order valence-electron chi connectivity index (χ3n) is 5.34. The lowest BCUT2D eigenvalue weighted by atomic mass is 10.0. The van der Waals surface area contributed by atoms with Gasteiger partial charge in [0.25, 0.3) is 0 Å². The lowest BCUT2D eigenvalue weighted by Gasteiger charge is -2.10. The molecule has 4 aromatic carbocycles. The van der Waals surface area contributed by atoms with Crippen LogP contribution < -0.4 is 11.1 Å². The second-order valence-corrected chi connectivity index (χ2v) is 7.15. The molecule has 1 aliphatic carbocycles. The molecule has 0 fully saturated rings. The van der Waals surface area contributed by atoms with Crippen LogP contribution in [0.25, 0.3) is 21.9 Å². The van der Waals surface area contributed by atoms with Crippen LogP contribution in [0.4, 0.5) is 11.4 Å². The first kappa shape index (κ1) is 16.6. The molecular formula is C25H21N3. The van der Waals surface area contributed by atoms with E-state index >= 15 is 0 Å². The highest BCUT2D eigenvalue weighted by atomic mass is 15.1. The smallest absolute Gasteiger partial charge is 0.198 e. The number of aliphatic imine (C=N–C) groups is 1. The Bertz CT molecular complexity index is 1180. The summed E-state index contributed by atoms with van der Waals surface area (Å²) in [7, 11) is 0. The topological polar surface area (TPSA) is 50.4 Å². The minimum absolute atomic E-state index is 0.393. The number of nitrogens with one attached hydrogen (secondary N) is 1. The van der Waals surface area contributed by atoms with Crippen molar-refractivity contribution in [3.63, 3.8) is 0 Å². The van der Waals surface area contributed by atoms with E-state index in [0.29, 0.717) is 5.96 Å². The fourth-order valence-corrected chi connectivity index (χ4v) is 4.04. The Hall–Kier alpha value is -3.59. The Kier molecular flexibility index (Phi) is 4.06. The summed E-state index contributed by atoms with van der Waals surface area (Å²) in [5, 5.41) is 5.76. The molecule has 3 N–H and O–H groups in total. The van der Waals surface area contributed by atoms with Gasteiger partial charge in [-0.2, -0.15) is 0 Å². The average Bonchev–Trinajstić information content (AvgIpc) is 3.16. The monoisotopic (exact) mass is 363 g/mol. The van der Waals surface area contributed by atoms with Gasteiger partial charge >= 0.3 is 0 Å². The van der Waals surface area contributed by atoms with Gasteiger partial charge in [-0.25, -0.2) is 4.99 Å². The molecule has 5 rings (SSSR count). The third kappa shape index (κ3) is 3.01. The number of aryl methyl sites for hydroxylation is 2. The maximum atomic E-state index is 6.25. The van der Waals surface area contributed by atoms with Gasteiger partial charge in [-0.05, 0) is 58.7 Å². The highest BCUT2D eigenvalue weighted by Gasteiger charge is 2.15. The summed E-state index contributed by atoms with van der Waals surface area (Å²) >= 11 is 0. The predicted molar refractivity (Wildman–Crippen MR) is 118 cm³/mol. The van der Waals surface area contributed by atoms with E-state index in [9.17, 15) is 0 Å². The van der Waals surface area contributed by atoms with Crippen molar-refractivity contribution in [3.05, 3.63) is 96.1 Å². The van der Waals surface area contributed by atoms with Crippen LogP contribution in [0.5, 0.6) is 0 Å². The van der Waals surface area contributed by atoms with Gasteiger partial charge in [-0.15, -0.1) is 0 Å². The lowest BCUT2D eigenvalue weighted by Crippen LogP contribution is -2.21. The normalized spacial score (nSPS) is 13.1. The quantitative estimate of drug-likeness (QED) is 0.364. The van der Waals surface area contributed by atoms with Crippen LogP contribution >= 0.6 is 0 Å². The molecule has 136 valence electrons. The van der Waals surface area contributed by atoms with Crippen molar-refractivity contribution in [3.8, 4) is 11.1 Å². The van der Waals surface area contributed by atoms with Crippen molar-refractivity contribution in [1.82, 2.24) is 0 Å². The number of rotatable bonds is 3. The van der Waals surface area contributed by atoms with E-state index < -0.39 is 0 Å². The average molecular weight is 363 g/mol. The summed E-state index contributed by atoms with van der Waals surface area (Å²) in [4.78, 5) is 4.68. The molecule has 0 unspecified atom stereocenters. The molecule has 0 bridgehead atoms. The number of nitrogens with zero attached hydrogens (tertiary/aromatic N) is 1. The van der Waals surface area contributed by atoms with E-state index in [0.717, 1.165) is 29.8 Å².